The van der Waals surface area contributed by atoms with Crippen LogP contribution in [-0.2, 0) is 10.5 Å². The largest absolute Gasteiger partial charge is 0.496 e. The number of nitrogens with one attached hydrogen (secondary N) is 1. The van der Waals surface area contributed by atoms with Gasteiger partial charge in [-0.25, -0.2) is 0 Å². The number of ether oxygens (including phenoxy) is 2. The van der Waals surface area contributed by atoms with Crippen LogP contribution in [0.2, 0.25) is 5.02 Å². The zero-order chi connectivity index (χ0) is 19.1. The molecule has 0 radical (unpaired) electrons. The third-order valence-corrected chi connectivity index (χ3v) is 4.83. The Balaban J connectivity index is 1.97. The fraction of sp³-hybridized carbons (Fsp3) is 0.263. The molecule has 1 N–H and O–H groups in total. The van der Waals surface area contributed by atoms with E-state index in [0.29, 0.717) is 33.5 Å². The van der Waals surface area contributed by atoms with Crippen LogP contribution >= 0.6 is 23.4 Å². The molecule has 2 aromatic carbocycles. The van der Waals surface area contributed by atoms with Crippen molar-refractivity contribution < 1.29 is 19.1 Å². The highest BCUT2D eigenvalue weighted by Crippen LogP contribution is 2.28. The van der Waals surface area contributed by atoms with Crippen molar-refractivity contribution in [3.8, 4) is 11.5 Å². The maximum Gasteiger partial charge on any atom is 0.234 e. The summed E-state index contributed by atoms with van der Waals surface area (Å²) in [5, 5.41) is 3.31. The minimum atomic E-state index is -0.169. The van der Waals surface area contributed by atoms with E-state index in [9.17, 15) is 9.59 Å². The summed E-state index contributed by atoms with van der Waals surface area (Å²) in [5.41, 5.74) is 2.02. The van der Waals surface area contributed by atoms with Gasteiger partial charge in [-0.3, -0.25) is 9.59 Å². The molecule has 0 atom stereocenters. The van der Waals surface area contributed by atoms with Gasteiger partial charge in [-0.1, -0.05) is 11.6 Å². The standard InChI is InChI=1S/C19H20ClNO4S/c1-12(22)13-4-6-17(24-2)14(8-13)10-26-11-19(23)21-16-9-15(20)5-7-18(16)25-3/h4-9H,10-11H2,1-3H3,(H,21,23). The molecule has 0 aliphatic rings. The molecule has 26 heavy (non-hydrogen) atoms. The van der Waals surface area contributed by atoms with Crippen molar-refractivity contribution >= 4 is 40.7 Å². The summed E-state index contributed by atoms with van der Waals surface area (Å²) < 4.78 is 10.5. The fourth-order valence-electron chi connectivity index (χ4n) is 2.33. The number of hydrogen-bond donors (Lipinski definition) is 1. The molecule has 0 heterocycles. The van der Waals surface area contributed by atoms with Crippen LogP contribution < -0.4 is 14.8 Å². The first-order valence-corrected chi connectivity index (χ1v) is 9.37. The van der Waals surface area contributed by atoms with Gasteiger partial charge in [-0.05, 0) is 43.3 Å². The van der Waals surface area contributed by atoms with Gasteiger partial charge in [0.25, 0.3) is 0 Å². The predicted molar refractivity (Wildman–Crippen MR) is 106 cm³/mol. The van der Waals surface area contributed by atoms with Gasteiger partial charge in [0.15, 0.2) is 5.78 Å². The number of benzene rings is 2. The Morgan fingerprint density at radius 3 is 2.42 bits per heavy atom. The van der Waals surface area contributed by atoms with Crippen LogP contribution in [0.15, 0.2) is 36.4 Å². The van der Waals surface area contributed by atoms with E-state index in [4.69, 9.17) is 21.1 Å². The van der Waals surface area contributed by atoms with Gasteiger partial charge < -0.3 is 14.8 Å². The number of halogens is 1. The summed E-state index contributed by atoms with van der Waals surface area (Å²) in [7, 11) is 3.11. The number of carbonyl (C=O) groups is 2. The Labute approximate surface area is 162 Å². The number of carbonyl (C=O) groups excluding carboxylic acids is 2. The maximum atomic E-state index is 12.2. The first-order chi connectivity index (χ1) is 12.4. The highest BCUT2D eigenvalue weighted by molar-refractivity contribution is 7.99. The molecule has 0 aliphatic heterocycles. The molecule has 1 amide bonds. The van der Waals surface area contributed by atoms with Crippen LogP contribution in [0.4, 0.5) is 5.69 Å². The second kappa shape index (κ2) is 9.50. The zero-order valence-electron chi connectivity index (χ0n) is 14.8. The van der Waals surface area contributed by atoms with Crippen LogP contribution in [0, 0.1) is 0 Å². The average Bonchev–Trinajstić information content (AvgIpc) is 2.61. The highest BCUT2D eigenvalue weighted by Gasteiger charge is 2.11. The molecule has 0 fully saturated rings. The van der Waals surface area contributed by atoms with Crippen molar-refractivity contribution in [2.75, 3.05) is 25.3 Å². The molecule has 0 unspecified atom stereocenters. The maximum absolute atomic E-state index is 12.2. The quantitative estimate of drug-likeness (QED) is 0.672. The summed E-state index contributed by atoms with van der Waals surface area (Å²) in [5.74, 6) is 1.85. The lowest BCUT2D eigenvalue weighted by molar-refractivity contribution is -0.113. The second-order valence-electron chi connectivity index (χ2n) is 5.47. The topological polar surface area (TPSA) is 64.6 Å². The number of Topliss-reactive ketones (excluding diaryl/α,β-unsaturated/α-hetero) is 1. The minimum absolute atomic E-state index is 0.00954. The van der Waals surface area contributed by atoms with Crippen molar-refractivity contribution in [1.82, 2.24) is 0 Å². The van der Waals surface area contributed by atoms with Gasteiger partial charge in [0.1, 0.15) is 11.5 Å². The van der Waals surface area contributed by atoms with E-state index in [-0.39, 0.29) is 17.4 Å². The molecule has 0 bridgehead atoms. The number of rotatable bonds is 8. The number of amides is 1. The SMILES string of the molecule is COc1ccc(C(C)=O)cc1CSCC(=O)Nc1cc(Cl)ccc1OC. The molecule has 2 aromatic rings. The van der Waals surface area contributed by atoms with Crippen molar-refractivity contribution in [3.63, 3.8) is 0 Å². The third-order valence-electron chi connectivity index (χ3n) is 3.61. The predicted octanol–water partition coefficient (Wildman–Crippen LogP) is 4.43. The number of ketones is 1. The molecule has 0 saturated heterocycles. The Morgan fingerprint density at radius 1 is 1.08 bits per heavy atom. The summed E-state index contributed by atoms with van der Waals surface area (Å²) in [6, 6.07) is 10.3. The number of anilines is 1. The Kier molecular flexibility index (Phi) is 7.36. The molecule has 0 saturated carbocycles. The molecular formula is C19H20ClNO4S. The lowest BCUT2D eigenvalue weighted by atomic mass is 10.1. The smallest absolute Gasteiger partial charge is 0.234 e. The van der Waals surface area contributed by atoms with Gasteiger partial charge in [0.2, 0.25) is 5.91 Å². The molecule has 0 aliphatic carbocycles. The molecular weight excluding hydrogens is 374 g/mol. The fourth-order valence-corrected chi connectivity index (χ4v) is 3.31. The van der Waals surface area contributed by atoms with Crippen LogP contribution in [0.25, 0.3) is 0 Å². The number of hydrogen-bond acceptors (Lipinski definition) is 5. The molecule has 0 spiro atoms. The van der Waals surface area contributed by atoms with Crippen LogP contribution in [0.5, 0.6) is 11.5 Å². The van der Waals surface area contributed by atoms with E-state index in [0.717, 1.165) is 5.56 Å². The van der Waals surface area contributed by atoms with Crippen LogP contribution in [0.1, 0.15) is 22.8 Å². The van der Waals surface area contributed by atoms with Crippen molar-refractivity contribution in [1.29, 1.82) is 0 Å². The van der Waals surface area contributed by atoms with E-state index in [1.165, 1.54) is 25.8 Å². The molecule has 7 heteroatoms. The minimum Gasteiger partial charge on any atom is -0.496 e. The summed E-state index contributed by atoms with van der Waals surface area (Å²) >= 11 is 7.39. The summed E-state index contributed by atoms with van der Waals surface area (Å²) in [6.07, 6.45) is 0. The lowest BCUT2D eigenvalue weighted by Gasteiger charge is -2.11. The molecule has 0 aromatic heterocycles. The first kappa shape index (κ1) is 20.1. The van der Waals surface area contributed by atoms with Gasteiger partial charge in [-0.2, -0.15) is 0 Å². The highest BCUT2D eigenvalue weighted by atomic mass is 35.5. The van der Waals surface area contributed by atoms with E-state index >= 15 is 0 Å². The van der Waals surface area contributed by atoms with Crippen LogP contribution in [0.3, 0.4) is 0 Å². The third kappa shape index (κ3) is 5.41. The van der Waals surface area contributed by atoms with E-state index < -0.39 is 0 Å². The van der Waals surface area contributed by atoms with Crippen molar-refractivity contribution in [2.45, 2.75) is 12.7 Å². The van der Waals surface area contributed by atoms with Gasteiger partial charge in [0, 0.05) is 21.9 Å². The molecule has 5 nitrogen and oxygen atoms in total. The van der Waals surface area contributed by atoms with Gasteiger partial charge >= 0.3 is 0 Å². The van der Waals surface area contributed by atoms with Crippen molar-refractivity contribution in [3.05, 3.63) is 52.5 Å². The van der Waals surface area contributed by atoms with E-state index in [1.807, 2.05) is 0 Å². The normalized spacial score (nSPS) is 10.3. The molecule has 2 rings (SSSR count). The number of methoxy groups -OCH3 is 2. The van der Waals surface area contributed by atoms with Crippen molar-refractivity contribution in [2.24, 2.45) is 0 Å². The summed E-state index contributed by atoms with van der Waals surface area (Å²) in [4.78, 5) is 23.7. The first-order valence-electron chi connectivity index (χ1n) is 7.83. The monoisotopic (exact) mass is 393 g/mol. The van der Waals surface area contributed by atoms with Gasteiger partial charge in [-0.15, -0.1) is 11.8 Å². The van der Waals surface area contributed by atoms with E-state index in [2.05, 4.69) is 5.32 Å². The van der Waals surface area contributed by atoms with E-state index in [1.54, 1.807) is 43.5 Å². The average molecular weight is 394 g/mol. The number of thioether (sulfide) groups is 1. The van der Waals surface area contributed by atoms with Gasteiger partial charge in [0.05, 0.1) is 25.7 Å². The van der Waals surface area contributed by atoms with Crippen LogP contribution in [-0.4, -0.2) is 31.7 Å². The zero-order valence-corrected chi connectivity index (χ0v) is 16.4. The Morgan fingerprint density at radius 2 is 1.77 bits per heavy atom. The Bertz CT molecular complexity index is 810. The lowest BCUT2D eigenvalue weighted by Crippen LogP contribution is -2.15. The molecule has 138 valence electrons. The Hall–Kier alpha value is -2.18. The summed E-state index contributed by atoms with van der Waals surface area (Å²) in [6.45, 7) is 1.52. The second-order valence-corrected chi connectivity index (χ2v) is 6.89.